The maximum atomic E-state index is 11.9. The summed E-state index contributed by atoms with van der Waals surface area (Å²) >= 11 is 0. The Bertz CT molecular complexity index is 411. The van der Waals surface area contributed by atoms with Crippen molar-refractivity contribution in [2.45, 2.75) is 39.2 Å². The molecule has 0 amide bonds. The van der Waals surface area contributed by atoms with Crippen LogP contribution in [0.3, 0.4) is 0 Å². The lowest BCUT2D eigenvalue weighted by Gasteiger charge is -2.19. The average molecular weight is 234 g/mol. The van der Waals surface area contributed by atoms with Gasteiger partial charge < -0.3 is 4.74 Å². The van der Waals surface area contributed by atoms with Gasteiger partial charge in [-0.25, -0.2) is 9.97 Å². The summed E-state index contributed by atoms with van der Waals surface area (Å²) in [6.45, 7) is 7.72. The van der Waals surface area contributed by atoms with Gasteiger partial charge in [0.25, 0.3) is 0 Å². The van der Waals surface area contributed by atoms with Crippen LogP contribution < -0.4 is 0 Å². The lowest BCUT2D eigenvalue weighted by molar-refractivity contribution is -0.156. The van der Waals surface area contributed by atoms with Crippen molar-refractivity contribution >= 4 is 5.97 Å². The zero-order chi connectivity index (χ0) is 12.6. The van der Waals surface area contributed by atoms with Crippen molar-refractivity contribution in [3.63, 3.8) is 0 Å². The highest BCUT2D eigenvalue weighted by Gasteiger charge is 2.54. The van der Waals surface area contributed by atoms with Crippen molar-refractivity contribution in [2.75, 3.05) is 0 Å². The molecule has 0 N–H and O–H groups in total. The molecule has 1 aliphatic rings. The minimum Gasteiger partial charge on any atom is -0.460 e. The number of carbonyl (C=O) groups is 1. The van der Waals surface area contributed by atoms with E-state index >= 15 is 0 Å². The molecule has 1 fully saturated rings. The van der Waals surface area contributed by atoms with Gasteiger partial charge in [0, 0.05) is 17.8 Å². The molecule has 92 valence electrons. The Hall–Kier alpha value is -1.45. The molecular formula is C13H18N2O2. The fraction of sp³-hybridized carbons (Fsp3) is 0.615. The molecule has 0 saturated heterocycles. The zero-order valence-electron chi connectivity index (χ0n) is 10.7. The van der Waals surface area contributed by atoms with Crippen LogP contribution in [0.5, 0.6) is 0 Å². The van der Waals surface area contributed by atoms with Gasteiger partial charge in [0.1, 0.15) is 11.9 Å². The van der Waals surface area contributed by atoms with Gasteiger partial charge >= 0.3 is 5.97 Å². The summed E-state index contributed by atoms with van der Waals surface area (Å²) in [6, 6.07) is 1.87. The first-order chi connectivity index (χ1) is 7.90. The lowest BCUT2D eigenvalue weighted by Crippen LogP contribution is -2.25. The second kappa shape index (κ2) is 4.09. The highest BCUT2D eigenvalue weighted by Crippen LogP contribution is 2.53. The molecule has 0 aliphatic heterocycles. The quantitative estimate of drug-likeness (QED) is 0.736. The number of ether oxygens (including phenoxy) is 1. The Labute approximate surface area is 101 Å². The molecule has 0 radical (unpaired) electrons. The normalized spacial score (nSPS) is 27.6. The van der Waals surface area contributed by atoms with Gasteiger partial charge in [-0.1, -0.05) is 6.92 Å². The highest BCUT2D eigenvalue weighted by atomic mass is 16.6. The minimum absolute atomic E-state index is 0.0517. The zero-order valence-corrected chi connectivity index (χ0v) is 10.7. The first-order valence-electron chi connectivity index (χ1n) is 5.89. The molecule has 0 bridgehead atoms. The van der Waals surface area contributed by atoms with E-state index < -0.39 is 5.60 Å². The molecule has 2 rings (SSSR count). The minimum atomic E-state index is -0.421. The van der Waals surface area contributed by atoms with Crippen molar-refractivity contribution in [2.24, 2.45) is 11.8 Å². The summed E-state index contributed by atoms with van der Waals surface area (Å²) in [6.07, 6.45) is 3.23. The standard InChI is InChI=1S/C13H18N2O2/c1-8-10(9-5-6-14-7-15-9)11(8)12(16)17-13(2,3)4/h5-8,10-11H,1-4H3/t8?,10?,11-/m0/s1. The molecule has 1 saturated carbocycles. The van der Waals surface area contributed by atoms with E-state index in [-0.39, 0.29) is 17.8 Å². The third-order valence-electron chi connectivity index (χ3n) is 3.00. The number of nitrogens with zero attached hydrogens (tertiary/aromatic N) is 2. The first kappa shape index (κ1) is 12.0. The van der Waals surface area contributed by atoms with Crippen LogP contribution in [0.1, 0.15) is 39.3 Å². The van der Waals surface area contributed by atoms with Crippen LogP contribution >= 0.6 is 0 Å². The van der Waals surface area contributed by atoms with E-state index in [4.69, 9.17) is 4.74 Å². The summed E-state index contributed by atoms with van der Waals surface area (Å²) in [5, 5.41) is 0. The van der Waals surface area contributed by atoms with Gasteiger partial charge in [0.2, 0.25) is 0 Å². The van der Waals surface area contributed by atoms with Crippen LogP contribution in [-0.4, -0.2) is 21.5 Å². The van der Waals surface area contributed by atoms with E-state index in [1.165, 1.54) is 6.33 Å². The largest absolute Gasteiger partial charge is 0.460 e. The van der Waals surface area contributed by atoms with Crippen LogP contribution in [-0.2, 0) is 9.53 Å². The fourth-order valence-electron chi connectivity index (χ4n) is 2.15. The molecule has 0 aromatic carbocycles. The van der Waals surface area contributed by atoms with Crippen molar-refractivity contribution in [1.82, 2.24) is 9.97 Å². The van der Waals surface area contributed by atoms with Crippen LogP contribution in [0, 0.1) is 11.8 Å². The molecule has 1 aromatic rings. The van der Waals surface area contributed by atoms with Crippen LogP contribution in [0.15, 0.2) is 18.6 Å². The molecule has 4 nitrogen and oxygen atoms in total. The summed E-state index contributed by atoms with van der Waals surface area (Å²) < 4.78 is 5.40. The predicted molar refractivity (Wildman–Crippen MR) is 63.3 cm³/mol. The maximum Gasteiger partial charge on any atom is 0.310 e. The maximum absolute atomic E-state index is 11.9. The van der Waals surface area contributed by atoms with E-state index in [0.29, 0.717) is 5.92 Å². The number of aromatic nitrogens is 2. The Morgan fingerprint density at radius 3 is 2.65 bits per heavy atom. The third kappa shape index (κ3) is 2.62. The number of hydrogen-bond acceptors (Lipinski definition) is 4. The highest BCUT2D eigenvalue weighted by molar-refractivity contribution is 5.78. The van der Waals surface area contributed by atoms with Gasteiger partial charge in [0.05, 0.1) is 5.92 Å². The first-order valence-corrected chi connectivity index (χ1v) is 5.89. The summed E-state index contributed by atoms with van der Waals surface area (Å²) in [4.78, 5) is 20.0. The Kier molecular flexibility index (Phi) is 2.89. The van der Waals surface area contributed by atoms with E-state index in [1.54, 1.807) is 6.20 Å². The molecule has 3 atom stereocenters. The molecule has 4 heteroatoms. The van der Waals surface area contributed by atoms with Crippen LogP contribution in [0.4, 0.5) is 0 Å². The SMILES string of the molecule is CC1C(c2ccncn2)[C@H]1C(=O)OC(C)(C)C. The topological polar surface area (TPSA) is 52.1 Å². The summed E-state index contributed by atoms with van der Waals surface area (Å²) in [5.74, 6) is 0.324. The van der Waals surface area contributed by atoms with Gasteiger partial charge in [0.15, 0.2) is 0 Å². The van der Waals surface area contributed by atoms with E-state index in [2.05, 4.69) is 16.9 Å². The number of rotatable bonds is 2. The third-order valence-corrected chi connectivity index (χ3v) is 3.00. The molecule has 1 aromatic heterocycles. The smallest absolute Gasteiger partial charge is 0.310 e. The van der Waals surface area contributed by atoms with Gasteiger partial charge in [-0.15, -0.1) is 0 Å². The number of hydrogen-bond donors (Lipinski definition) is 0. The summed E-state index contributed by atoms with van der Waals surface area (Å²) in [5.41, 5.74) is 0.513. The Morgan fingerprint density at radius 2 is 2.12 bits per heavy atom. The predicted octanol–water partition coefficient (Wildman–Crippen LogP) is 2.17. The van der Waals surface area contributed by atoms with Gasteiger partial charge in [-0.3, -0.25) is 4.79 Å². The molecule has 1 aliphatic carbocycles. The van der Waals surface area contributed by atoms with E-state index in [0.717, 1.165) is 5.69 Å². The molecule has 0 spiro atoms. The Morgan fingerprint density at radius 1 is 1.41 bits per heavy atom. The van der Waals surface area contributed by atoms with Crippen LogP contribution in [0.2, 0.25) is 0 Å². The molecule has 1 heterocycles. The van der Waals surface area contributed by atoms with Gasteiger partial charge in [-0.05, 0) is 32.8 Å². The van der Waals surface area contributed by atoms with Crippen molar-refractivity contribution < 1.29 is 9.53 Å². The lowest BCUT2D eigenvalue weighted by atomic mass is 10.2. The van der Waals surface area contributed by atoms with Crippen molar-refractivity contribution in [3.05, 3.63) is 24.3 Å². The molecule has 17 heavy (non-hydrogen) atoms. The summed E-state index contributed by atoms with van der Waals surface area (Å²) in [7, 11) is 0. The molecular weight excluding hydrogens is 216 g/mol. The van der Waals surface area contributed by atoms with Crippen molar-refractivity contribution in [3.8, 4) is 0 Å². The fourth-order valence-corrected chi connectivity index (χ4v) is 2.15. The Balaban J connectivity index is 2.04. The average Bonchev–Trinajstić information content (AvgIpc) is 2.89. The second-order valence-electron chi connectivity index (χ2n) is 5.58. The van der Waals surface area contributed by atoms with Crippen LogP contribution in [0.25, 0.3) is 0 Å². The number of carbonyl (C=O) groups excluding carboxylic acids is 1. The second-order valence-corrected chi connectivity index (χ2v) is 5.58. The monoisotopic (exact) mass is 234 g/mol. The van der Waals surface area contributed by atoms with Gasteiger partial charge in [-0.2, -0.15) is 0 Å². The molecule has 2 unspecified atom stereocenters. The van der Waals surface area contributed by atoms with E-state index in [1.807, 2.05) is 26.8 Å². The van der Waals surface area contributed by atoms with E-state index in [9.17, 15) is 4.79 Å². The van der Waals surface area contributed by atoms with Crippen molar-refractivity contribution in [1.29, 1.82) is 0 Å². The number of esters is 1.